The van der Waals surface area contributed by atoms with E-state index in [1.165, 1.54) is 17.7 Å². The first-order chi connectivity index (χ1) is 19.8. The van der Waals surface area contributed by atoms with Crippen molar-refractivity contribution >= 4 is 29.0 Å². The van der Waals surface area contributed by atoms with E-state index in [2.05, 4.69) is 84.5 Å². The average molecular weight is 556 g/mol. The summed E-state index contributed by atoms with van der Waals surface area (Å²) in [5, 5.41) is 7.10. The molecular weight excluding hydrogens is 514 g/mol. The fourth-order valence-corrected chi connectivity index (χ4v) is 6.99. The number of aromatic nitrogens is 3. The lowest BCUT2D eigenvalue weighted by atomic mass is 9.73. The second-order valence-corrected chi connectivity index (χ2v) is 12.8. The molecule has 9 heteroatoms. The number of anilines is 5. The highest BCUT2D eigenvalue weighted by Crippen LogP contribution is 2.53. The highest BCUT2D eigenvalue weighted by molar-refractivity contribution is 5.71. The largest absolute Gasteiger partial charge is 0.378 e. The van der Waals surface area contributed by atoms with Gasteiger partial charge in [0, 0.05) is 47.7 Å². The van der Waals surface area contributed by atoms with Crippen LogP contribution in [0.5, 0.6) is 0 Å². The lowest BCUT2D eigenvalue weighted by Gasteiger charge is -2.46. The maximum absolute atomic E-state index is 6.39. The van der Waals surface area contributed by atoms with Crippen molar-refractivity contribution in [2.45, 2.75) is 70.1 Å². The summed E-state index contributed by atoms with van der Waals surface area (Å²) in [5.41, 5.74) is 5.20. The molecule has 0 bridgehead atoms. The molecule has 2 N–H and O–H groups in total. The molecule has 9 nitrogen and oxygen atoms in total. The first-order valence-corrected chi connectivity index (χ1v) is 15.0. The number of nitrogens with one attached hydrogen (secondary N) is 2. The molecular formula is C32H41N7O2. The molecule has 0 unspecified atom stereocenters. The van der Waals surface area contributed by atoms with E-state index in [1.807, 2.05) is 6.20 Å². The number of hydrogen-bond acceptors (Lipinski definition) is 9. The molecule has 4 aliphatic heterocycles. The Labute approximate surface area is 242 Å². The molecule has 0 aliphatic carbocycles. The number of pyridine rings is 1. The highest BCUT2D eigenvalue weighted by Gasteiger charge is 2.55. The van der Waals surface area contributed by atoms with Crippen LogP contribution in [0.25, 0.3) is 0 Å². The summed E-state index contributed by atoms with van der Waals surface area (Å²) in [6, 6.07) is 13.4. The van der Waals surface area contributed by atoms with Gasteiger partial charge in [-0.2, -0.15) is 4.98 Å². The first kappa shape index (κ1) is 26.6. The Balaban J connectivity index is 1.24. The third-order valence-corrected chi connectivity index (χ3v) is 9.33. The van der Waals surface area contributed by atoms with E-state index in [9.17, 15) is 0 Å². The molecule has 0 amide bonds. The fraction of sp³-hybridized carbons (Fsp3) is 0.531. The molecule has 41 heavy (non-hydrogen) atoms. The normalized spacial score (nSPS) is 27.0. The molecule has 0 saturated carbocycles. The van der Waals surface area contributed by atoms with Crippen LogP contribution in [0.3, 0.4) is 0 Å². The van der Waals surface area contributed by atoms with Gasteiger partial charge in [0.2, 0.25) is 5.95 Å². The number of aryl methyl sites for hydroxylation is 1. The lowest BCUT2D eigenvalue weighted by Crippen LogP contribution is -2.54. The van der Waals surface area contributed by atoms with Gasteiger partial charge in [0.05, 0.1) is 37.2 Å². The summed E-state index contributed by atoms with van der Waals surface area (Å²) < 4.78 is 11.9. The summed E-state index contributed by atoms with van der Waals surface area (Å²) in [6.45, 7) is 13.9. The molecule has 2 aromatic heterocycles. The number of fused-ring (bicyclic) bond motifs is 3. The zero-order chi connectivity index (χ0) is 28.2. The first-order valence-electron chi connectivity index (χ1n) is 15.0. The van der Waals surface area contributed by atoms with Crippen LogP contribution in [0, 0.1) is 6.92 Å². The number of hydrogen-bond donors (Lipinski definition) is 2. The van der Waals surface area contributed by atoms with E-state index in [0.717, 1.165) is 74.3 Å². The maximum atomic E-state index is 6.39. The Hall–Kier alpha value is -3.27. The maximum Gasteiger partial charge on any atom is 0.229 e. The smallest absolute Gasteiger partial charge is 0.229 e. The quantitative estimate of drug-likeness (QED) is 0.443. The van der Waals surface area contributed by atoms with Crippen LogP contribution in [0.2, 0.25) is 0 Å². The third kappa shape index (κ3) is 4.83. The van der Waals surface area contributed by atoms with Crippen molar-refractivity contribution < 1.29 is 9.47 Å². The molecule has 0 spiro atoms. The van der Waals surface area contributed by atoms with Gasteiger partial charge in [0.25, 0.3) is 0 Å². The third-order valence-electron chi connectivity index (χ3n) is 9.33. The minimum Gasteiger partial charge on any atom is -0.378 e. The van der Waals surface area contributed by atoms with Gasteiger partial charge in [-0.3, -0.25) is 0 Å². The molecule has 216 valence electrons. The van der Waals surface area contributed by atoms with Crippen LogP contribution in [-0.2, 0) is 14.9 Å². The lowest BCUT2D eigenvalue weighted by molar-refractivity contribution is -0.0893. The minimum absolute atomic E-state index is 0.167. The van der Waals surface area contributed by atoms with Crippen molar-refractivity contribution in [2.24, 2.45) is 0 Å². The van der Waals surface area contributed by atoms with E-state index in [1.54, 1.807) is 0 Å². The Bertz CT molecular complexity index is 1430. The molecule has 3 saturated heterocycles. The van der Waals surface area contributed by atoms with Crippen molar-refractivity contribution in [1.82, 2.24) is 20.3 Å². The highest BCUT2D eigenvalue weighted by atomic mass is 16.5. The number of morpholine rings is 1. The Morgan fingerprint density at radius 3 is 2.71 bits per heavy atom. The van der Waals surface area contributed by atoms with Gasteiger partial charge in [-0.05, 0) is 82.5 Å². The molecule has 6 heterocycles. The Kier molecular flexibility index (Phi) is 6.64. The fourth-order valence-electron chi connectivity index (χ4n) is 6.99. The van der Waals surface area contributed by atoms with Gasteiger partial charge < -0.3 is 29.9 Å². The molecule has 3 aromatic rings. The molecule has 7 rings (SSSR count). The van der Waals surface area contributed by atoms with Crippen molar-refractivity contribution in [3.8, 4) is 0 Å². The molecule has 0 radical (unpaired) electrons. The summed E-state index contributed by atoms with van der Waals surface area (Å²) in [4.78, 5) is 19.9. The summed E-state index contributed by atoms with van der Waals surface area (Å²) >= 11 is 0. The van der Waals surface area contributed by atoms with Gasteiger partial charge in [0.1, 0.15) is 11.6 Å². The Morgan fingerprint density at radius 1 is 1.07 bits per heavy atom. The zero-order valence-electron chi connectivity index (χ0n) is 24.6. The number of rotatable bonds is 5. The van der Waals surface area contributed by atoms with Crippen molar-refractivity contribution in [2.75, 3.05) is 54.6 Å². The van der Waals surface area contributed by atoms with Gasteiger partial charge >= 0.3 is 0 Å². The number of nitrogens with zero attached hydrogens (tertiary/aromatic N) is 5. The predicted octanol–water partition coefficient (Wildman–Crippen LogP) is 5.16. The van der Waals surface area contributed by atoms with Crippen molar-refractivity contribution in [3.05, 3.63) is 59.4 Å². The monoisotopic (exact) mass is 555 g/mol. The molecule has 3 atom stereocenters. The van der Waals surface area contributed by atoms with E-state index in [-0.39, 0.29) is 17.1 Å². The molecule has 3 fully saturated rings. The van der Waals surface area contributed by atoms with Gasteiger partial charge in [-0.1, -0.05) is 13.0 Å². The zero-order valence-corrected chi connectivity index (χ0v) is 24.6. The molecule has 4 aliphatic rings. The second kappa shape index (κ2) is 10.2. The van der Waals surface area contributed by atoms with E-state index in [0.29, 0.717) is 18.6 Å². The van der Waals surface area contributed by atoms with Crippen LogP contribution in [0.15, 0.2) is 42.6 Å². The van der Waals surface area contributed by atoms with Crippen LogP contribution >= 0.6 is 0 Å². The number of benzene rings is 1. The van der Waals surface area contributed by atoms with E-state index < -0.39 is 0 Å². The topological polar surface area (TPSA) is 87.7 Å². The van der Waals surface area contributed by atoms with Gasteiger partial charge in [-0.25, -0.2) is 9.97 Å². The average Bonchev–Trinajstić information content (AvgIpc) is 3.59. The van der Waals surface area contributed by atoms with Crippen LogP contribution < -0.4 is 20.4 Å². The van der Waals surface area contributed by atoms with Crippen LogP contribution in [0.4, 0.5) is 29.0 Å². The van der Waals surface area contributed by atoms with E-state index in [4.69, 9.17) is 24.4 Å². The summed E-state index contributed by atoms with van der Waals surface area (Å²) in [7, 11) is 0. The SMILES string of the molecule is Cc1cc(Nc2ncc3c(n2)N(c2cccc([C@@H]4CCCN4)n2)[C@@H]2CC(C)(C)OC[C@]32C)ccc1N1CCOCC1. The van der Waals surface area contributed by atoms with Crippen LogP contribution in [0.1, 0.15) is 62.9 Å². The standard InChI is InChI=1S/C32H41N7O2/c1-21-17-22(10-11-26(21)38-13-15-40-16-14-38)35-30-34-19-23-29(37-30)39(27-18-31(2,3)41-20-32(23,27)4)28-9-5-7-25(36-28)24-8-6-12-33-24/h5,7,9-11,17,19,24,27,33H,6,8,12-16,18,20H2,1-4H3,(H,34,35,37)/t24-,27+,32+/m0/s1. The van der Waals surface area contributed by atoms with Crippen molar-refractivity contribution in [1.29, 1.82) is 0 Å². The minimum atomic E-state index is -0.233. The van der Waals surface area contributed by atoms with Gasteiger partial charge in [-0.15, -0.1) is 0 Å². The Morgan fingerprint density at radius 2 is 1.93 bits per heavy atom. The van der Waals surface area contributed by atoms with Crippen LogP contribution in [-0.4, -0.2) is 66.0 Å². The summed E-state index contributed by atoms with van der Waals surface area (Å²) in [6.07, 6.45) is 5.18. The van der Waals surface area contributed by atoms with E-state index >= 15 is 0 Å². The predicted molar refractivity (Wildman–Crippen MR) is 162 cm³/mol. The summed E-state index contributed by atoms with van der Waals surface area (Å²) in [5.74, 6) is 2.45. The molecule has 1 aromatic carbocycles. The van der Waals surface area contributed by atoms with Gasteiger partial charge in [0.15, 0.2) is 0 Å². The van der Waals surface area contributed by atoms with Crippen molar-refractivity contribution in [3.63, 3.8) is 0 Å². The number of ether oxygens (including phenoxy) is 2. The second-order valence-electron chi connectivity index (χ2n) is 12.8.